The maximum Gasteiger partial charge on any atom is 0.306 e. The highest BCUT2D eigenvalue weighted by atomic mass is 16.5. The molecule has 0 aliphatic heterocycles. The van der Waals surface area contributed by atoms with Crippen LogP contribution in [0, 0.1) is 5.92 Å². The van der Waals surface area contributed by atoms with Crippen molar-refractivity contribution in [3.8, 4) is 0 Å². The van der Waals surface area contributed by atoms with Gasteiger partial charge in [-0.15, -0.1) is 0 Å². The van der Waals surface area contributed by atoms with Crippen LogP contribution in [0.5, 0.6) is 0 Å². The molecule has 0 fully saturated rings. The summed E-state index contributed by atoms with van der Waals surface area (Å²) in [6.45, 7) is 4.21. The summed E-state index contributed by atoms with van der Waals surface area (Å²) in [6.07, 6.45) is 21.0. The summed E-state index contributed by atoms with van der Waals surface area (Å²) in [7, 11) is 0. The van der Waals surface area contributed by atoms with Crippen LogP contribution in [0.2, 0.25) is 0 Å². The predicted octanol–water partition coefficient (Wildman–Crippen LogP) is 6.90. The lowest BCUT2D eigenvalue weighted by Gasteiger charge is -2.07. The van der Waals surface area contributed by atoms with Crippen molar-refractivity contribution in [3.63, 3.8) is 0 Å². The van der Waals surface area contributed by atoms with E-state index in [0.29, 0.717) is 6.61 Å². The third-order valence-corrected chi connectivity index (χ3v) is 5.16. The number of ether oxygens (including phenoxy) is 1. The number of carboxylic acids is 1. The molecule has 4 heteroatoms. The lowest BCUT2D eigenvalue weighted by atomic mass is 10.0. The number of rotatable bonds is 20. The fourth-order valence-electron chi connectivity index (χ4n) is 3.23. The van der Waals surface area contributed by atoms with Gasteiger partial charge in [-0.05, 0) is 6.42 Å². The number of unbranched alkanes of at least 4 members (excludes halogenated alkanes) is 15. The van der Waals surface area contributed by atoms with E-state index in [0.717, 1.165) is 12.8 Å². The molecule has 0 saturated heterocycles. The molecule has 0 aromatic rings. The van der Waals surface area contributed by atoms with Crippen LogP contribution in [-0.4, -0.2) is 23.7 Å². The van der Waals surface area contributed by atoms with E-state index >= 15 is 0 Å². The molecule has 0 saturated carbocycles. The van der Waals surface area contributed by atoms with Crippen molar-refractivity contribution >= 4 is 11.9 Å². The van der Waals surface area contributed by atoms with Gasteiger partial charge in [0, 0.05) is 0 Å². The Morgan fingerprint density at radius 1 is 0.704 bits per heavy atom. The van der Waals surface area contributed by atoms with E-state index in [1.165, 1.54) is 96.8 Å². The van der Waals surface area contributed by atoms with E-state index in [2.05, 4.69) is 6.92 Å². The van der Waals surface area contributed by atoms with Gasteiger partial charge in [-0.25, -0.2) is 0 Å². The number of carbonyl (C=O) groups excluding carboxylic acids is 1. The first kappa shape index (κ1) is 25.9. The lowest BCUT2D eigenvalue weighted by Crippen LogP contribution is -2.16. The van der Waals surface area contributed by atoms with Crippen LogP contribution in [0.4, 0.5) is 0 Å². The fourth-order valence-corrected chi connectivity index (χ4v) is 3.23. The first-order chi connectivity index (χ1) is 13.1. The largest absolute Gasteiger partial charge is 0.481 e. The topological polar surface area (TPSA) is 63.6 Å². The molecule has 160 valence electrons. The molecule has 0 aliphatic rings. The van der Waals surface area contributed by atoms with Crippen molar-refractivity contribution < 1.29 is 19.4 Å². The molecule has 0 aliphatic carbocycles. The number of hydrogen-bond donors (Lipinski definition) is 1. The molecular weight excluding hydrogens is 340 g/mol. The lowest BCUT2D eigenvalue weighted by molar-refractivity contribution is -0.151. The highest BCUT2D eigenvalue weighted by Gasteiger charge is 2.16. The van der Waals surface area contributed by atoms with E-state index in [-0.39, 0.29) is 6.42 Å². The van der Waals surface area contributed by atoms with Gasteiger partial charge in [0.2, 0.25) is 0 Å². The van der Waals surface area contributed by atoms with Crippen molar-refractivity contribution in [2.45, 2.75) is 123 Å². The van der Waals surface area contributed by atoms with Crippen LogP contribution in [0.3, 0.4) is 0 Å². The third kappa shape index (κ3) is 19.5. The van der Waals surface area contributed by atoms with Gasteiger partial charge >= 0.3 is 11.9 Å². The van der Waals surface area contributed by atoms with E-state index in [1.54, 1.807) is 0 Å². The summed E-state index contributed by atoms with van der Waals surface area (Å²) in [6, 6.07) is 0. The summed E-state index contributed by atoms with van der Waals surface area (Å²) >= 11 is 0. The van der Waals surface area contributed by atoms with Crippen molar-refractivity contribution in [2.24, 2.45) is 5.92 Å². The molecule has 27 heavy (non-hydrogen) atoms. The van der Waals surface area contributed by atoms with Gasteiger partial charge in [-0.2, -0.15) is 0 Å². The third-order valence-electron chi connectivity index (χ3n) is 5.16. The first-order valence-corrected chi connectivity index (χ1v) is 11.5. The van der Waals surface area contributed by atoms with Crippen LogP contribution < -0.4 is 0 Å². The van der Waals surface area contributed by atoms with Gasteiger partial charge in [0.25, 0.3) is 0 Å². The molecule has 1 unspecified atom stereocenters. The van der Waals surface area contributed by atoms with Crippen LogP contribution in [0.1, 0.15) is 123 Å². The minimum Gasteiger partial charge on any atom is -0.481 e. The standard InChI is InChI=1S/C23H44O4/c1-3-4-5-6-7-8-9-10-11-12-13-14-15-16-17-18-19-27-22(24)20-21(2)23(25)26/h21H,3-20H2,1-2H3,(H,25,26). The monoisotopic (exact) mass is 384 g/mol. The van der Waals surface area contributed by atoms with E-state index in [1.807, 2.05) is 0 Å². The summed E-state index contributed by atoms with van der Waals surface area (Å²) in [5.74, 6) is -2.01. The molecule has 0 bridgehead atoms. The zero-order valence-electron chi connectivity index (χ0n) is 18.0. The highest BCUT2D eigenvalue weighted by molar-refractivity contribution is 5.78. The summed E-state index contributed by atoms with van der Waals surface area (Å²) in [4.78, 5) is 22.1. The Hall–Kier alpha value is -1.06. The Morgan fingerprint density at radius 2 is 1.07 bits per heavy atom. The molecular formula is C23H44O4. The van der Waals surface area contributed by atoms with Gasteiger partial charge in [0.05, 0.1) is 18.9 Å². The Morgan fingerprint density at radius 3 is 1.44 bits per heavy atom. The molecule has 0 radical (unpaired) electrons. The smallest absolute Gasteiger partial charge is 0.306 e. The molecule has 0 heterocycles. The maximum absolute atomic E-state index is 11.4. The van der Waals surface area contributed by atoms with Gasteiger partial charge < -0.3 is 9.84 Å². The van der Waals surface area contributed by atoms with Crippen molar-refractivity contribution in [1.82, 2.24) is 0 Å². The van der Waals surface area contributed by atoms with E-state index < -0.39 is 17.9 Å². The molecule has 0 aromatic heterocycles. The average Bonchev–Trinajstić information content (AvgIpc) is 2.64. The average molecular weight is 385 g/mol. The van der Waals surface area contributed by atoms with Crippen LogP contribution in [-0.2, 0) is 14.3 Å². The number of esters is 1. The molecule has 0 spiro atoms. The number of hydrogen-bond acceptors (Lipinski definition) is 3. The Balaban J connectivity index is 3.17. The van der Waals surface area contributed by atoms with Crippen molar-refractivity contribution in [3.05, 3.63) is 0 Å². The highest BCUT2D eigenvalue weighted by Crippen LogP contribution is 2.13. The van der Waals surface area contributed by atoms with Gasteiger partial charge in [0.1, 0.15) is 0 Å². The number of carbonyl (C=O) groups is 2. The normalized spacial score (nSPS) is 12.1. The Labute approximate surface area is 167 Å². The SMILES string of the molecule is CCCCCCCCCCCCCCCCCCOC(=O)CC(C)C(=O)O. The van der Waals surface area contributed by atoms with Gasteiger partial charge in [0.15, 0.2) is 0 Å². The zero-order chi connectivity index (χ0) is 20.2. The van der Waals surface area contributed by atoms with Crippen LogP contribution in [0.25, 0.3) is 0 Å². The second-order valence-electron chi connectivity index (χ2n) is 7.97. The second-order valence-corrected chi connectivity index (χ2v) is 7.97. The number of aliphatic carboxylic acids is 1. The molecule has 0 amide bonds. The van der Waals surface area contributed by atoms with E-state index in [9.17, 15) is 9.59 Å². The summed E-state index contributed by atoms with van der Waals surface area (Å²) in [5, 5.41) is 8.74. The molecule has 0 aromatic carbocycles. The molecule has 4 nitrogen and oxygen atoms in total. The molecule has 1 N–H and O–H groups in total. The quantitative estimate of drug-likeness (QED) is 0.183. The van der Waals surface area contributed by atoms with Gasteiger partial charge in [-0.3, -0.25) is 9.59 Å². The van der Waals surface area contributed by atoms with Gasteiger partial charge in [-0.1, -0.05) is 110 Å². The van der Waals surface area contributed by atoms with Crippen molar-refractivity contribution in [2.75, 3.05) is 6.61 Å². The van der Waals surface area contributed by atoms with Crippen molar-refractivity contribution in [1.29, 1.82) is 0 Å². The predicted molar refractivity (Wildman–Crippen MR) is 112 cm³/mol. The van der Waals surface area contributed by atoms with Crippen LogP contribution in [0.15, 0.2) is 0 Å². The summed E-state index contributed by atoms with van der Waals surface area (Å²) < 4.78 is 5.08. The molecule has 0 rings (SSSR count). The minimum absolute atomic E-state index is 0.0335. The molecule has 1 atom stereocenters. The summed E-state index contributed by atoms with van der Waals surface area (Å²) in [5.41, 5.74) is 0. The number of carboxylic acid groups (broad SMARTS) is 1. The van der Waals surface area contributed by atoms with E-state index in [4.69, 9.17) is 9.84 Å². The first-order valence-electron chi connectivity index (χ1n) is 11.5. The maximum atomic E-state index is 11.4. The second kappa shape index (κ2) is 19.7. The minimum atomic E-state index is -0.950. The fraction of sp³-hybridized carbons (Fsp3) is 0.913. The van der Waals surface area contributed by atoms with Crippen LogP contribution >= 0.6 is 0 Å². The Bertz CT molecular complexity index is 354. The zero-order valence-corrected chi connectivity index (χ0v) is 18.0. The Kier molecular flexibility index (Phi) is 18.9.